The molecule has 23 heavy (non-hydrogen) atoms. The van der Waals surface area contributed by atoms with Crippen LogP contribution in [0.3, 0.4) is 0 Å². The lowest BCUT2D eigenvalue weighted by molar-refractivity contribution is 0.0673. The molecular weight excluding hydrogens is 310 g/mol. The van der Waals surface area contributed by atoms with Gasteiger partial charge in [-0.15, -0.1) is 0 Å². The molecule has 2 atom stereocenters. The number of aliphatic hydroxyl groups excluding tert-OH is 1. The highest BCUT2D eigenvalue weighted by atomic mass is 19.2. The molecule has 6 nitrogen and oxygen atoms in total. The van der Waals surface area contributed by atoms with Crippen LogP contribution >= 0.6 is 0 Å². The van der Waals surface area contributed by atoms with E-state index in [1.54, 1.807) is 0 Å². The summed E-state index contributed by atoms with van der Waals surface area (Å²) in [4.78, 5) is 13.9. The molecule has 0 radical (unpaired) electrons. The van der Waals surface area contributed by atoms with E-state index in [0.29, 0.717) is 5.56 Å². The number of β-amino-alcohol motifs (C(OH)–C–C–N with tert-alkyl or cyclic N) is 1. The highest BCUT2D eigenvalue weighted by molar-refractivity contribution is 5.92. The maximum atomic E-state index is 13.4. The minimum Gasteiger partial charge on any atom is -0.479 e. The molecule has 1 fully saturated rings. The Morgan fingerprint density at radius 3 is 2.83 bits per heavy atom. The first kappa shape index (κ1) is 15.4. The van der Waals surface area contributed by atoms with E-state index in [-0.39, 0.29) is 24.6 Å². The molecule has 1 aliphatic rings. The molecule has 0 unspecified atom stereocenters. The topological polar surface area (TPSA) is 75.8 Å². The first-order valence-corrected chi connectivity index (χ1v) is 6.94. The van der Waals surface area contributed by atoms with E-state index >= 15 is 0 Å². The van der Waals surface area contributed by atoms with Crippen molar-refractivity contribution >= 4 is 5.91 Å². The molecular formula is C15H14F2N2O4. The van der Waals surface area contributed by atoms with Crippen molar-refractivity contribution < 1.29 is 27.9 Å². The molecule has 1 amide bonds. The van der Waals surface area contributed by atoms with E-state index in [2.05, 4.69) is 5.16 Å². The lowest BCUT2D eigenvalue weighted by atomic mass is 10.0. The van der Waals surface area contributed by atoms with Crippen molar-refractivity contribution in [1.29, 1.82) is 0 Å². The van der Waals surface area contributed by atoms with Gasteiger partial charge < -0.3 is 19.3 Å². The molecule has 2 aromatic rings. The molecule has 1 aromatic heterocycles. The van der Waals surface area contributed by atoms with Crippen LogP contribution in [0.1, 0.15) is 28.6 Å². The Labute approximate surface area is 130 Å². The molecule has 0 bridgehead atoms. The van der Waals surface area contributed by atoms with Gasteiger partial charge in [0.05, 0.1) is 25.3 Å². The number of hydrogen-bond donors (Lipinski definition) is 1. The summed E-state index contributed by atoms with van der Waals surface area (Å²) in [6.45, 7) is 0.0610. The number of likely N-dealkylation sites (tertiary alicyclic amines) is 1. The fourth-order valence-electron chi connectivity index (χ4n) is 2.67. The van der Waals surface area contributed by atoms with E-state index < -0.39 is 29.7 Å². The number of methoxy groups -OCH3 is 1. The summed E-state index contributed by atoms with van der Waals surface area (Å²) in [7, 11) is 1.38. The van der Waals surface area contributed by atoms with Gasteiger partial charge in [-0.25, -0.2) is 8.78 Å². The second-order valence-electron chi connectivity index (χ2n) is 5.27. The largest absolute Gasteiger partial charge is 0.479 e. The second kappa shape index (κ2) is 5.96. The van der Waals surface area contributed by atoms with Crippen molar-refractivity contribution in [2.75, 3.05) is 13.7 Å². The molecule has 1 aliphatic heterocycles. The van der Waals surface area contributed by atoms with Crippen molar-refractivity contribution in [3.05, 3.63) is 47.2 Å². The lowest BCUT2D eigenvalue weighted by Gasteiger charge is -2.23. The van der Waals surface area contributed by atoms with Crippen molar-refractivity contribution in [2.24, 2.45) is 0 Å². The van der Waals surface area contributed by atoms with Gasteiger partial charge in [0.1, 0.15) is 0 Å². The molecule has 0 spiro atoms. The van der Waals surface area contributed by atoms with Gasteiger partial charge in [-0.2, -0.15) is 0 Å². The fraction of sp³-hybridized carbons (Fsp3) is 0.333. The maximum absolute atomic E-state index is 13.4. The SMILES string of the molecule is COc1cc(C(=O)N2C[C@@H](O)C[C@@H]2c2ccc(F)c(F)c2)on1. The highest BCUT2D eigenvalue weighted by Gasteiger charge is 2.37. The van der Waals surface area contributed by atoms with E-state index in [0.717, 1.165) is 12.1 Å². The second-order valence-corrected chi connectivity index (χ2v) is 5.27. The third-order valence-electron chi connectivity index (χ3n) is 3.78. The van der Waals surface area contributed by atoms with Crippen LogP contribution in [0.15, 0.2) is 28.8 Å². The van der Waals surface area contributed by atoms with Crippen LogP contribution in [-0.4, -0.2) is 40.8 Å². The minimum atomic E-state index is -1.00. The number of nitrogens with zero attached hydrogens (tertiary/aromatic N) is 2. The number of ether oxygens (including phenoxy) is 1. The number of hydrogen-bond acceptors (Lipinski definition) is 5. The zero-order chi connectivity index (χ0) is 16.6. The number of rotatable bonds is 3. The molecule has 2 heterocycles. The molecule has 1 N–H and O–H groups in total. The first-order valence-electron chi connectivity index (χ1n) is 6.94. The third-order valence-corrected chi connectivity index (χ3v) is 3.78. The van der Waals surface area contributed by atoms with E-state index in [9.17, 15) is 18.7 Å². The van der Waals surface area contributed by atoms with Crippen LogP contribution < -0.4 is 4.74 Å². The van der Waals surface area contributed by atoms with E-state index in [4.69, 9.17) is 9.26 Å². The predicted octanol–water partition coefficient (Wildman–Crippen LogP) is 1.91. The van der Waals surface area contributed by atoms with Gasteiger partial charge in [0.15, 0.2) is 11.6 Å². The summed E-state index contributed by atoms with van der Waals surface area (Å²) < 4.78 is 36.3. The molecule has 0 aliphatic carbocycles. The Bertz CT molecular complexity index is 734. The molecule has 122 valence electrons. The number of halogens is 2. The zero-order valence-electron chi connectivity index (χ0n) is 12.2. The number of benzene rings is 1. The number of carbonyl (C=O) groups excluding carboxylic acids is 1. The van der Waals surface area contributed by atoms with Gasteiger partial charge >= 0.3 is 0 Å². The normalized spacial score (nSPS) is 20.8. The van der Waals surface area contributed by atoms with E-state index in [1.165, 1.54) is 24.1 Å². The third kappa shape index (κ3) is 2.89. The lowest BCUT2D eigenvalue weighted by Crippen LogP contribution is -2.31. The van der Waals surface area contributed by atoms with Gasteiger partial charge in [-0.3, -0.25) is 4.79 Å². The van der Waals surface area contributed by atoms with E-state index in [1.807, 2.05) is 0 Å². The van der Waals surface area contributed by atoms with Gasteiger partial charge in [-0.1, -0.05) is 6.07 Å². The molecule has 8 heteroatoms. The number of carbonyl (C=O) groups is 1. The Kier molecular flexibility index (Phi) is 3.99. The number of aromatic nitrogens is 1. The summed E-state index contributed by atoms with van der Waals surface area (Å²) in [5, 5.41) is 13.4. The summed E-state index contributed by atoms with van der Waals surface area (Å²) >= 11 is 0. The van der Waals surface area contributed by atoms with Crippen molar-refractivity contribution in [3.8, 4) is 5.88 Å². The molecule has 1 aromatic carbocycles. The summed E-state index contributed by atoms with van der Waals surface area (Å²) in [6.07, 6.45) is -0.538. The number of amides is 1. The van der Waals surface area contributed by atoms with Gasteiger partial charge in [0.2, 0.25) is 5.76 Å². The fourth-order valence-corrected chi connectivity index (χ4v) is 2.67. The van der Waals surface area contributed by atoms with Crippen molar-refractivity contribution in [1.82, 2.24) is 10.1 Å². The van der Waals surface area contributed by atoms with Crippen LogP contribution in [0.25, 0.3) is 0 Å². The Morgan fingerprint density at radius 2 is 2.17 bits per heavy atom. The summed E-state index contributed by atoms with van der Waals surface area (Å²) in [6, 6.07) is 4.16. The average molecular weight is 324 g/mol. The standard InChI is InChI=1S/C15H14F2N2O4/c1-22-14-6-13(23-18-14)15(21)19-7-9(20)5-12(19)8-2-3-10(16)11(17)4-8/h2-4,6,9,12,20H,5,7H2,1H3/t9-,12+/m0/s1. The number of aliphatic hydroxyl groups is 1. The summed E-state index contributed by atoms with van der Waals surface area (Å²) in [5.41, 5.74) is 0.403. The minimum absolute atomic E-state index is 0.0523. The first-order chi connectivity index (χ1) is 11.0. The molecule has 3 rings (SSSR count). The Hall–Kier alpha value is -2.48. The van der Waals surface area contributed by atoms with Crippen molar-refractivity contribution in [2.45, 2.75) is 18.6 Å². The quantitative estimate of drug-likeness (QED) is 0.933. The summed E-state index contributed by atoms with van der Waals surface area (Å²) in [5.74, 6) is -2.38. The molecule has 1 saturated heterocycles. The van der Waals surface area contributed by atoms with Crippen LogP contribution in [-0.2, 0) is 0 Å². The Morgan fingerprint density at radius 1 is 1.39 bits per heavy atom. The Balaban J connectivity index is 1.89. The van der Waals surface area contributed by atoms with Crippen LogP contribution in [0.5, 0.6) is 5.88 Å². The van der Waals surface area contributed by atoms with Crippen LogP contribution in [0.4, 0.5) is 8.78 Å². The zero-order valence-corrected chi connectivity index (χ0v) is 12.2. The maximum Gasteiger partial charge on any atom is 0.293 e. The predicted molar refractivity (Wildman–Crippen MR) is 73.8 cm³/mol. The van der Waals surface area contributed by atoms with Crippen molar-refractivity contribution in [3.63, 3.8) is 0 Å². The van der Waals surface area contributed by atoms with Crippen LogP contribution in [0, 0.1) is 11.6 Å². The highest BCUT2D eigenvalue weighted by Crippen LogP contribution is 2.34. The monoisotopic (exact) mass is 324 g/mol. The average Bonchev–Trinajstić information content (AvgIpc) is 3.16. The van der Waals surface area contributed by atoms with Crippen LogP contribution in [0.2, 0.25) is 0 Å². The molecule has 0 saturated carbocycles. The van der Waals surface area contributed by atoms with Gasteiger partial charge in [-0.05, 0) is 29.3 Å². The van der Waals surface area contributed by atoms with Gasteiger partial charge in [0, 0.05) is 6.54 Å². The van der Waals surface area contributed by atoms with Gasteiger partial charge in [0.25, 0.3) is 11.8 Å². The smallest absolute Gasteiger partial charge is 0.293 e.